The maximum Gasteiger partial charge on any atom is 0.397 e. The van der Waals surface area contributed by atoms with Crippen LogP contribution in [0, 0.1) is 0 Å². The van der Waals surface area contributed by atoms with Crippen molar-refractivity contribution in [2.45, 2.75) is 266 Å². The minimum atomic E-state index is -5.45. The van der Waals surface area contributed by atoms with Crippen molar-refractivity contribution in [2.75, 3.05) is 52.9 Å². The molecule has 8 saturated heterocycles. The molecule has 8 rings (SSSR count). The lowest BCUT2D eigenvalue weighted by molar-refractivity contribution is -0.396. The molecule has 8 fully saturated rings. The largest absolute Gasteiger partial charge is 0.397 e. The first-order chi connectivity index (χ1) is 48.0. The van der Waals surface area contributed by atoms with E-state index in [2.05, 4.69) is 20.1 Å². The van der Waals surface area contributed by atoms with E-state index in [4.69, 9.17) is 71.1 Å². The molecule has 0 spiro atoms. The fourth-order valence-corrected chi connectivity index (χ4v) is 13.2. The summed E-state index contributed by atoms with van der Waals surface area (Å²) in [5.41, 5.74) is 0. The molecule has 40 atom stereocenters. The molecule has 8 heterocycles. The Labute approximate surface area is 576 Å². The Hall–Kier alpha value is -3.20. The van der Waals surface area contributed by atoms with Crippen LogP contribution in [0.5, 0.6) is 0 Å². The van der Waals surface area contributed by atoms with Crippen LogP contribution in [0.15, 0.2) is 0 Å². The Kier molecular flexibility index (Phi) is 30.1. The minimum absolute atomic E-state index is 0.784. The second-order valence-corrected chi connectivity index (χ2v) is 26.2. The topological polar surface area (TPSA) is 734 Å². The van der Waals surface area contributed by atoms with Gasteiger partial charge in [-0.1, -0.05) is 0 Å². The third kappa shape index (κ3) is 19.1. The van der Waals surface area contributed by atoms with Crippen LogP contribution in [0.25, 0.3) is 0 Å². The Morgan fingerprint density at radius 2 is 0.618 bits per heavy atom. The van der Waals surface area contributed by atoms with Gasteiger partial charge in [0.1, 0.15) is 195 Å². The SMILES string of the molecule is CC(=O)N[C@@H]1[C@@H](O)[C@H](O[C@@H]2O[C@H](CO)[C@@H](O[C@@H]3O[C@H](CO[C@H]4O[C@H](CO[C@H]5O[C@H](CO)[C@@H](O)[C@H](O)[C@@H]5O)[C@@H](O)[C@H](O[C@H]5O[C@H](CO)[C@@H](OS(=O)(=O)O)[C@H](O)[C@@H]5O)[C@@H]4O)[C@@H](O)[C@H](O[C@H]4O[C@H](CO)[C@@H](O)[C@H](O)[C@@H]4O[C@@H]4O[C@H](CO)[C@@H](O)[C@H](O)[C@H]4NC(C)=O)[C@@H]3O)[C@H](O)[C@H]2NC(C)=O)[C@@H](CO)O[C@H]1O. The first-order valence-electron chi connectivity index (χ1n) is 31.8. The van der Waals surface area contributed by atoms with Crippen molar-refractivity contribution < 1.29 is 215 Å². The number of aliphatic hydroxyl groups excluding tert-OH is 22. The molecule has 0 bridgehead atoms. The predicted molar refractivity (Wildman–Crippen MR) is 310 cm³/mol. The average Bonchev–Trinajstić information content (AvgIpc) is 0.772. The van der Waals surface area contributed by atoms with Gasteiger partial charge in [0, 0.05) is 20.8 Å². The molecule has 3 amide bonds. The quantitative estimate of drug-likeness (QED) is 0.0340. The van der Waals surface area contributed by atoms with Gasteiger partial charge in [-0.3, -0.25) is 18.9 Å². The third-order valence-corrected chi connectivity index (χ3v) is 18.5. The molecule has 47 nitrogen and oxygen atoms in total. The van der Waals surface area contributed by atoms with Gasteiger partial charge < -0.3 is 199 Å². The summed E-state index contributed by atoms with van der Waals surface area (Å²) < 4.78 is 124. The van der Waals surface area contributed by atoms with Gasteiger partial charge in [-0.2, -0.15) is 8.42 Å². The van der Waals surface area contributed by atoms with Gasteiger partial charge in [0.15, 0.2) is 50.3 Å². The van der Waals surface area contributed by atoms with Crippen molar-refractivity contribution in [3.05, 3.63) is 0 Å². The predicted octanol–water partition coefficient (Wildman–Crippen LogP) is -18.2. The molecule has 102 heavy (non-hydrogen) atoms. The molecular weight excluding hydrogens is 1430 g/mol. The van der Waals surface area contributed by atoms with Crippen LogP contribution in [-0.2, 0) is 100 Å². The number of carbonyl (C=O) groups is 3. The van der Waals surface area contributed by atoms with Crippen LogP contribution >= 0.6 is 0 Å². The second kappa shape index (κ2) is 36.3. The Balaban J connectivity index is 1.14. The van der Waals surface area contributed by atoms with E-state index in [0.29, 0.717) is 0 Å². The van der Waals surface area contributed by atoms with Crippen LogP contribution in [-0.4, -0.2) is 441 Å². The molecule has 592 valence electrons. The fraction of sp³-hybridized carbons (Fsp3) is 0.944. The minimum Gasteiger partial charge on any atom is -0.394 e. The van der Waals surface area contributed by atoms with Crippen molar-refractivity contribution >= 4 is 28.1 Å². The van der Waals surface area contributed by atoms with Crippen LogP contribution in [0.2, 0.25) is 0 Å². The molecular formula is C54H91N3O44S. The Morgan fingerprint density at radius 3 is 1.12 bits per heavy atom. The number of aliphatic hydroxyl groups is 22. The number of rotatable bonds is 27. The molecule has 0 radical (unpaired) electrons. The standard InChI is InChI=1S/C54H91N3O44S/c1-12(64)55-23-32(73)41(18(7-61)88-47(23)82)96-49-25(57-14(3)66)33(74)42(19(8-62)92-49)97-53-40(81)45(99-54-46(35(76)28(69)17(6-60)91-54)100-48-24(56-13(2)65)31(72)26(67)15(4-58)89-48)30(71)22(95-53)11-87-51-39(80)44(98-52-38(79)36(77)43(20(9-63)93-52)101-102(83,84)85)29(70)21(94-51)10-86-50-37(78)34(75)27(68)16(5-59)90-50/h15-54,58-63,67-82H,4-11H2,1-3H3,(H,55,64)(H,56,65)(H,57,66)(H,83,84,85)/t15-,16-,17-,18-,19-,20-,21-,22-,23-,24-,25-,26-,27-,28-,29-,30-,31-,32-,33-,34+,35+,36-,37+,38+,39+,40+,41-,42-,43-,44+,45+,46+,47-,48+,49+,50+,51+,52-,53+,54-/m1/s1. The fourth-order valence-electron chi connectivity index (χ4n) is 12.7. The normalized spacial score (nSPS) is 48.2. The van der Waals surface area contributed by atoms with Gasteiger partial charge in [-0.05, 0) is 0 Å². The van der Waals surface area contributed by atoms with Crippen LogP contribution in [0.1, 0.15) is 20.8 Å². The summed E-state index contributed by atoms with van der Waals surface area (Å²) in [7, 11) is -5.45. The molecule has 0 aromatic carbocycles. The van der Waals surface area contributed by atoms with E-state index in [-0.39, 0.29) is 0 Å². The number of hydrogen-bond acceptors (Lipinski definition) is 43. The van der Waals surface area contributed by atoms with Gasteiger partial charge in [-0.25, -0.2) is 4.18 Å². The van der Waals surface area contributed by atoms with Crippen LogP contribution < -0.4 is 16.0 Å². The lowest BCUT2D eigenvalue weighted by Crippen LogP contribution is -2.70. The highest BCUT2D eigenvalue weighted by atomic mass is 32.3. The number of amides is 3. The smallest absolute Gasteiger partial charge is 0.394 e. The molecule has 0 saturated carbocycles. The van der Waals surface area contributed by atoms with Gasteiger partial charge in [0.2, 0.25) is 17.7 Å². The number of hydrogen-bond donors (Lipinski definition) is 26. The number of carbonyl (C=O) groups excluding carboxylic acids is 3. The first-order valence-corrected chi connectivity index (χ1v) is 33.2. The summed E-state index contributed by atoms with van der Waals surface area (Å²) in [6, 6.07) is -5.34. The van der Waals surface area contributed by atoms with Gasteiger partial charge >= 0.3 is 10.4 Å². The molecule has 8 aliphatic rings. The van der Waals surface area contributed by atoms with E-state index in [9.17, 15) is 140 Å². The Morgan fingerprint density at radius 1 is 0.304 bits per heavy atom. The van der Waals surface area contributed by atoms with Crippen molar-refractivity contribution in [3.63, 3.8) is 0 Å². The summed E-state index contributed by atoms with van der Waals surface area (Å²) in [6.07, 6.45) is -78.7. The van der Waals surface area contributed by atoms with Crippen LogP contribution in [0.4, 0.5) is 0 Å². The number of nitrogens with one attached hydrogen (secondary N) is 3. The van der Waals surface area contributed by atoms with Crippen molar-refractivity contribution in [2.24, 2.45) is 0 Å². The first kappa shape index (κ1) is 84.4. The summed E-state index contributed by atoms with van der Waals surface area (Å²) in [4.78, 5) is 37.4. The highest BCUT2D eigenvalue weighted by Crippen LogP contribution is 2.39. The van der Waals surface area contributed by atoms with Crippen LogP contribution in [0.3, 0.4) is 0 Å². The third-order valence-electron chi connectivity index (χ3n) is 18.0. The molecule has 0 unspecified atom stereocenters. The molecule has 8 aliphatic heterocycles. The second-order valence-electron chi connectivity index (χ2n) is 25.2. The van der Waals surface area contributed by atoms with E-state index < -0.39 is 326 Å². The lowest BCUT2D eigenvalue weighted by Gasteiger charge is -2.51. The zero-order valence-corrected chi connectivity index (χ0v) is 54.8. The zero-order valence-electron chi connectivity index (χ0n) is 54.0. The molecule has 0 aliphatic carbocycles. The van der Waals surface area contributed by atoms with Gasteiger partial charge in [-0.15, -0.1) is 0 Å². The van der Waals surface area contributed by atoms with E-state index >= 15 is 0 Å². The number of ether oxygens (including phenoxy) is 15. The molecule has 0 aromatic heterocycles. The molecule has 0 aromatic rings. The van der Waals surface area contributed by atoms with Crippen molar-refractivity contribution in [1.29, 1.82) is 0 Å². The highest BCUT2D eigenvalue weighted by molar-refractivity contribution is 7.80. The van der Waals surface area contributed by atoms with E-state index in [1.54, 1.807) is 0 Å². The monoisotopic (exact) mass is 1520 g/mol. The summed E-state index contributed by atoms with van der Waals surface area (Å²) >= 11 is 0. The summed E-state index contributed by atoms with van der Waals surface area (Å²) in [6.45, 7) is -5.89. The summed E-state index contributed by atoms with van der Waals surface area (Å²) in [5.74, 6) is -2.60. The van der Waals surface area contributed by atoms with Gasteiger partial charge in [0.25, 0.3) is 0 Å². The molecule has 48 heteroatoms. The van der Waals surface area contributed by atoms with Gasteiger partial charge in [0.05, 0.1) is 52.9 Å². The van der Waals surface area contributed by atoms with E-state index in [1.807, 2.05) is 0 Å². The maximum atomic E-state index is 12.9. The highest BCUT2D eigenvalue weighted by Gasteiger charge is 2.60. The zero-order chi connectivity index (χ0) is 75.4. The average molecular weight is 1520 g/mol. The Bertz CT molecular complexity index is 2780. The van der Waals surface area contributed by atoms with E-state index in [0.717, 1.165) is 20.8 Å². The lowest BCUT2D eigenvalue weighted by atomic mass is 9.94. The summed E-state index contributed by atoms with van der Waals surface area (Å²) in [5, 5.41) is 250. The maximum absolute atomic E-state index is 12.9. The molecule has 26 N–H and O–H groups in total. The van der Waals surface area contributed by atoms with Crippen molar-refractivity contribution in [3.8, 4) is 0 Å². The van der Waals surface area contributed by atoms with E-state index in [1.165, 1.54) is 0 Å². The van der Waals surface area contributed by atoms with Crippen molar-refractivity contribution in [1.82, 2.24) is 16.0 Å².